The molecule has 28 heavy (non-hydrogen) atoms. The molecule has 0 radical (unpaired) electrons. The van der Waals surface area contributed by atoms with Crippen LogP contribution in [0.25, 0.3) is 6.08 Å². The van der Waals surface area contributed by atoms with Crippen LogP contribution in [0.3, 0.4) is 0 Å². The Morgan fingerprint density at radius 2 is 1.96 bits per heavy atom. The average Bonchev–Trinajstić information content (AvgIpc) is 2.98. The molecule has 8 nitrogen and oxygen atoms in total. The number of hydrogen-bond donors (Lipinski definition) is 1. The fourth-order valence-electron chi connectivity index (χ4n) is 2.37. The highest BCUT2D eigenvalue weighted by Gasteiger charge is 2.33. The lowest BCUT2D eigenvalue weighted by molar-refractivity contribution is -0.384. The van der Waals surface area contributed by atoms with Crippen LogP contribution in [0.5, 0.6) is 0 Å². The number of nitro groups is 1. The van der Waals surface area contributed by atoms with E-state index in [9.17, 15) is 20.0 Å². The number of non-ortho nitro benzene ring substituents is 1. The van der Waals surface area contributed by atoms with Gasteiger partial charge in [0.15, 0.2) is 0 Å². The maximum Gasteiger partial charge on any atom is 0.344 e. The fourth-order valence-corrected chi connectivity index (χ4v) is 3.40. The molecular weight excluding hydrogens is 382 g/mol. The van der Waals surface area contributed by atoms with Crippen molar-refractivity contribution in [2.75, 3.05) is 6.61 Å². The van der Waals surface area contributed by atoms with E-state index >= 15 is 0 Å². The molecule has 0 spiro atoms. The number of hydrogen-bond acceptors (Lipinski definition) is 8. The summed E-state index contributed by atoms with van der Waals surface area (Å²) in [5.74, 6) is -0.910. The number of nitro benzene ring substituents is 1. The van der Waals surface area contributed by atoms with Gasteiger partial charge in [0, 0.05) is 24.5 Å². The molecule has 9 heteroatoms. The predicted octanol–water partition coefficient (Wildman–Crippen LogP) is 4.18. The van der Waals surface area contributed by atoms with E-state index in [0.717, 1.165) is 17.3 Å². The molecule has 0 amide bonds. The number of aliphatic imine (C=N–C) groups is 1. The number of nitrogens with zero attached hydrogens (tertiary/aromatic N) is 3. The van der Waals surface area contributed by atoms with Gasteiger partial charge in [-0.2, -0.15) is 0 Å². The number of carbonyl (C=O) groups is 1. The second-order valence-electron chi connectivity index (χ2n) is 5.53. The molecule has 0 bridgehead atoms. The normalized spacial score (nSPS) is 16.6. The topological polar surface area (TPSA) is 115 Å². The van der Waals surface area contributed by atoms with Crippen LogP contribution in [-0.2, 0) is 9.53 Å². The van der Waals surface area contributed by atoms with Crippen LogP contribution in [0, 0.1) is 10.1 Å². The van der Waals surface area contributed by atoms with Crippen molar-refractivity contribution < 1.29 is 19.6 Å². The van der Waals surface area contributed by atoms with Crippen LogP contribution in [0.1, 0.15) is 12.5 Å². The van der Waals surface area contributed by atoms with E-state index in [-0.39, 0.29) is 28.7 Å². The third-order valence-electron chi connectivity index (χ3n) is 3.67. The zero-order valence-corrected chi connectivity index (χ0v) is 15.5. The first-order valence-electron chi connectivity index (χ1n) is 8.23. The number of rotatable bonds is 5. The summed E-state index contributed by atoms with van der Waals surface area (Å²) in [5, 5.41) is 21.6. The van der Waals surface area contributed by atoms with Gasteiger partial charge in [0.05, 0.1) is 22.1 Å². The third kappa shape index (κ3) is 4.26. The highest BCUT2D eigenvalue weighted by molar-refractivity contribution is 8.18. The Morgan fingerprint density at radius 3 is 2.57 bits per heavy atom. The lowest BCUT2D eigenvalue weighted by atomic mass is 10.2. The van der Waals surface area contributed by atoms with Crippen LogP contribution in [0.2, 0.25) is 0 Å². The minimum atomic E-state index is -0.689. The molecule has 0 saturated carbocycles. The first kappa shape index (κ1) is 19.3. The van der Waals surface area contributed by atoms with Crippen molar-refractivity contribution in [1.82, 2.24) is 4.98 Å². The van der Waals surface area contributed by atoms with E-state index in [4.69, 9.17) is 4.74 Å². The Hall–Kier alpha value is -3.46. The lowest BCUT2D eigenvalue weighted by Gasteiger charge is -2.03. The summed E-state index contributed by atoms with van der Waals surface area (Å²) in [6.07, 6.45) is 4.94. The maximum atomic E-state index is 12.3. The first-order valence-corrected chi connectivity index (χ1v) is 9.05. The summed E-state index contributed by atoms with van der Waals surface area (Å²) in [5.41, 5.74) is 1.10. The van der Waals surface area contributed by atoms with Gasteiger partial charge in [-0.05, 0) is 42.8 Å². The largest absolute Gasteiger partial charge is 0.506 e. The van der Waals surface area contributed by atoms with Gasteiger partial charge in [-0.25, -0.2) is 9.79 Å². The Balaban J connectivity index is 2.00. The fraction of sp³-hybridized carbons (Fsp3) is 0.105. The maximum absolute atomic E-state index is 12.3. The minimum Gasteiger partial charge on any atom is -0.506 e. The number of thioether (sulfide) groups is 1. The van der Waals surface area contributed by atoms with Gasteiger partial charge in [-0.3, -0.25) is 15.1 Å². The Morgan fingerprint density at radius 1 is 1.29 bits per heavy atom. The highest BCUT2D eigenvalue weighted by Crippen LogP contribution is 2.40. The summed E-state index contributed by atoms with van der Waals surface area (Å²) >= 11 is 1.11. The number of aliphatic hydroxyl groups excluding tert-OH is 1. The number of aromatic nitrogens is 1. The molecule has 3 rings (SSSR count). The van der Waals surface area contributed by atoms with Crippen molar-refractivity contribution in [1.29, 1.82) is 0 Å². The zero-order valence-electron chi connectivity index (χ0n) is 14.7. The van der Waals surface area contributed by atoms with E-state index in [2.05, 4.69) is 9.98 Å². The van der Waals surface area contributed by atoms with E-state index in [1.807, 2.05) is 0 Å². The number of aliphatic hydroxyl groups is 1. The van der Waals surface area contributed by atoms with Crippen molar-refractivity contribution in [3.05, 3.63) is 80.7 Å². The van der Waals surface area contributed by atoms with Crippen molar-refractivity contribution in [2.45, 2.75) is 6.92 Å². The summed E-state index contributed by atoms with van der Waals surface area (Å²) < 4.78 is 5.04. The molecule has 0 saturated heterocycles. The monoisotopic (exact) mass is 397 g/mol. The number of pyridine rings is 1. The van der Waals surface area contributed by atoms with Gasteiger partial charge in [0.2, 0.25) is 0 Å². The van der Waals surface area contributed by atoms with Gasteiger partial charge < -0.3 is 9.84 Å². The first-order chi connectivity index (χ1) is 13.5. The molecule has 1 aromatic heterocycles. The van der Waals surface area contributed by atoms with Crippen LogP contribution in [-0.4, -0.2) is 32.6 Å². The molecule has 0 aliphatic carbocycles. The lowest BCUT2D eigenvalue weighted by Crippen LogP contribution is -2.12. The second kappa shape index (κ2) is 8.49. The van der Waals surface area contributed by atoms with Crippen LogP contribution < -0.4 is 0 Å². The summed E-state index contributed by atoms with van der Waals surface area (Å²) in [7, 11) is 0. The molecule has 0 atom stereocenters. The smallest absolute Gasteiger partial charge is 0.344 e. The van der Waals surface area contributed by atoms with E-state index in [1.54, 1.807) is 37.5 Å². The van der Waals surface area contributed by atoms with Gasteiger partial charge in [0.1, 0.15) is 16.4 Å². The van der Waals surface area contributed by atoms with Gasteiger partial charge in [-0.15, -0.1) is 0 Å². The summed E-state index contributed by atoms with van der Waals surface area (Å²) in [4.78, 5) is 31.4. The molecule has 1 N–H and O–H groups in total. The average molecular weight is 397 g/mol. The Bertz CT molecular complexity index is 998. The van der Waals surface area contributed by atoms with Crippen molar-refractivity contribution in [3.8, 4) is 0 Å². The number of carbonyl (C=O) groups excluding carboxylic acids is 1. The van der Waals surface area contributed by atoms with Crippen molar-refractivity contribution in [2.24, 2.45) is 4.99 Å². The number of ether oxygens (including phenoxy) is 1. The summed E-state index contributed by atoms with van der Waals surface area (Å²) in [6, 6.07) is 9.10. The number of esters is 1. The van der Waals surface area contributed by atoms with E-state index < -0.39 is 10.9 Å². The molecule has 0 unspecified atom stereocenters. The quantitative estimate of drug-likeness (QED) is 0.457. The Kier molecular flexibility index (Phi) is 5.85. The standard InChI is InChI=1S/C19H15N3O5S/c1-2-27-19(24)16-17(23)15(11-12-7-9-20-10-8-12)28-18(16)21-13-3-5-14(6-4-13)22(25)26/h3-11,23H,2H2,1H3. The van der Waals surface area contributed by atoms with Crippen molar-refractivity contribution >= 4 is 40.2 Å². The van der Waals surface area contributed by atoms with Gasteiger partial charge in [-0.1, -0.05) is 11.8 Å². The van der Waals surface area contributed by atoms with Crippen molar-refractivity contribution in [3.63, 3.8) is 0 Å². The summed E-state index contributed by atoms with van der Waals surface area (Å²) in [6.45, 7) is 1.81. The molecule has 1 aliphatic heterocycles. The molecule has 2 heterocycles. The second-order valence-corrected chi connectivity index (χ2v) is 6.56. The predicted molar refractivity (Wildman–Crippen MR) is 106 cm³/mol. The number of benzene rings is 1. The van der Waals surface area contributed by atoms with Crippen LogP contribution >= 0.6 is 11.8 Å². The van der Waals surface area contributed by atoms with Gasteiger partial charge >= 0.3 is 5.97 Å². The molecular formula is C19H15N3O5S. The van der Waals surface area contributed by atoms with Crippen LogP contribution in [0.15, 0.2) is 70.0 Å². The van der Waals surface area contributed by atoms with Crippen LogP contribution in [0.4, 0.5) is 11.4 Å². The van der Waals surface area contributed by atoms with Gasteiger partial charge in [0.25, 0.3) is 5.69 Å². The molecule has 1 aliphatic rings. The molecule has 1 aromatic carbocycles. The third-order valence-corrected chi connectivity index (χ3v) is 4.69. The van der Waals surface area contributed by atoms with E-state index in [0.29, 0.717) is 10.6 Å². The van der Waals surface area contributed by atoms with E-state index in [1.165, 1.54) is 24.3 Å². The molecule has 142 valence electrons. The molecule has 2 aromatic rings. The highest BCUT2D eigenvalue weighted by atomic mass is 32.2. The zero-order chi connectivity index (χ0) is 20.1. The SMILES string of the molecule is CCOC(=O)C1=C(O)C(=Cc2ccncc2)SC1=Nc1ccc([N+](=O)[O-])cc1. The minimum absolute atomic E-state index is 0.0366. The Labute approximate surface area is 164 Å². The molecule has 0 fully saturated rings.